The molecule has 1 N–H and O–H groups in total. The summed E-state index contributed by atoms with van der Waals surface area (Å²) in [5, 5.41) is 3.20. The van der Waals surface area contributed by atoms with Crippen LogP contribution in [0.1, 0.15) is 32.6 Å². The van der Waals surface area contributed by atoms with E-state index in [0.717, 1.165) is 18.0 Å². The van der Waals surface area contributed by atoms with Gasteiger partial charge < -0.3 is 5.32 Å². The second kappa shape index (κ2) is 6.65. The zero-order valence-electron chi connectivity index (χ0n) is 11.4. The summed E-state index contributed by atoms with van der Waals surface area (Å²) >= 11 is 1.35. The molecular weight excluding hydrogens is 268 g/mol. The second-order valence-electron chi connectivity index (χ2n) is 4.30. The zero-order chi connectivity index (χ0) is 13.8. The molecule has 0 saturated heterocycles. The van der Waals surface area contributed by atoms with Crippen LogP contribution < -0.4 is 5.32 Å². The number of nitrogens with one attached hydrogen (secondary N) is 1. The van der Waals surface area contributed by atoms with Crippen molar-refractivity contribution in [2.45, 2.75) is 44.5 Å². The molecule has 0 aliphatic carbocycles. The molecule has 0 radical (unpaired) electrons. The van der Waals surface area contributed by atoms with E-state index in [0.29, 0.717) is 10.8 Å². The predicted octanol–water partition coefficient (Wildman–Crippen LogP) is 2.28. The third-order valence-electron chi connectivity index (χ3n) is 2.64. The molecule has 1 rings (SSSR count). The standard InChI is InChI=1S/C12H22N2O2S2/c1-5-13-9-11-7-8-12(17-11)18(15,16)14(6-2)10(3)4/h7-8,10,13H,5-6,9H2,1-4H3. The monoisotopic (exact) mass is 290 g/mol. The minimum Gasteiger partial charge on any atom is -0.312 e. The Balaban J connectivity index is 2.94. The van der Waals surface area contributed by atoms with Crippen molar-refractivity contribution >= 4 is 21.4 Å². The highest BCUT2D eigenvalue weighted by Crippen LogP contribution is 2.25. The highest BCUT2D eigenvalue weighted by molar-refractivity contribution is 7.91. The molecule has 0 aliphatic rings. The molecule has 1 aromatic heterocycles. The van der Waals surface area contributed by atoms with Crippen LogP contribution in [-0.4, -0.2) is 31.9 Å². The van der Waals surface area contributed by atoms with E-state index in [1.165, 1.54) is 15.6 Å². The summed E-state index contributed by atoms with van der Waals surface area (Å²) < 4.78 is 26.8. The highest BCUT2D eigenvalue weighted by Gasteiger charge is 2.26. The Hall–Kier alpha value is -0.430. The molecule has 0 aliphatic heterocycles. The quantitative estimate of drug-likeness (QED) is 0.838. The van der Waals surface area contributed by atoms with Crippen molar-refractivity contribution in [3.05, 3.63) is 17.0 Å². The van der Waals surface area contributed by atoms with Crippen LogP contribution in [0.15, 0.2) is 16.3 Å². The van der Waals surface area contributed by atoms with Gasteiger partial charge in [0.05, 0.1) is 0 Å². The summed E-state index contributed by atoms with van der Waals surface area (Å²) in [5.74, 6) is 0. The van der Waals surface area contributed by atoms with Gasteiger partial charge in [-0.2, -0.15) is 4.31 Å². The van der Waals surface area contributed by atoms with Crippen molar-refractivity contribution in [1.29, 1.82) is 0 Å². The molecule has 0 unspecified atom stereocenters. The van der Waals surface area contributed by atoms with E-state index in [1.807, 2.05) is 33.8 Å². The fourth-order valence-electron chi connectivity index (χ4n) is 1.77. The SMILES string of the molecule is CCNCc1ccc(S(=O)(=O)N(CC)C(C)C)s1. The number of hydrogen-bond acceptors (Lipinski definition) is 4. The lowest BCUT2D eigenvalue weighted by Gasteiger charge is -2.23. The number of rotatable bonds is 7. The maximum Gasteiger partial charge on any atom is 0.252 e. The number of nitrogens with zero attached hydrogens (tertiary/aromatic N) is 1. The molecule has 0 amide bonds. The van der Waals surface area contributed by atoms with Crippen LogP contribution in [-0.2, 0) is 16.6 Å². The summed E-state index contributed by atoms with van der Waals surface area (Å²) in [7, 11) is -3.33. The first-order valence-electron chi connectivity index (χ1n) is 6.24. The molecule has 4 nitrogen and oxygen atoms in total. The van der Waals surface area contributed by atoms with Gasteiger partial charge in [0, 0.05) is 24.0 Å². The first-order chi connectivity index (χ1) is 8.43. The Morgan fingerprint density at radius 1 is 1.33 bits per heavy atom. The third-order valence-corrected chi connectivity index (χ3v) is 6.34. The normalized spacial score (nSPS) is 12.6. The fraction of sp³-hybridized carbons (Fsp3) is 0.667. The number of sulfonamides is 1. The summed E-state index contributed by atoms with van der Waals surface area (Å²) in [5.41, 5.74) is 0. The third kappa shape index (κ3) is 3.54. The van der Waals surface area contributed by atoms with E-state index in [1.54, 1.807) is 6.07 Å². The Labute approximate surface area is 114 Å². The van der Waals surface area contributed by atoms with E-state index < -0.39 is 10.0 Å². The van der Waals surface area contributed by atoms with Crippen molar-refractivity contribution in [2.24, 2.45) is 0 Å². The maximum absolute atomic E-state index is 12.4. The lowest BCUT2D eigenvalue weighted by Crippen LogP contribution is -2.36. The van der Waals surface area contributed by atoms with Crippen LogP contribution in [0.2, 0.25) is 0 Å². The van der Waals surface area contributed by atoms with Crippen LogP contribution in [0.3, 0.4) is 0 Å². The van der Waals surface area contributed by atoms with E-state index >= 15 is 0 Å². The molecule has 104 valence electrons. The molecule has 6 heteroatoms. The number of thiophene rings is 1. The smallest absolute Gasteiger partial charge is 0.252 e. The van der Waals surface area contributed by atoms with E-state index in [2.05, 4.69) is 5.32 Å². The average molecular weight is 290 g/mol. The molecule has 18 heavy (non-hydrogen) atoms. The van der Waals surface area contributed by atoms with E-state index in [4.69, 9.17) is 0 Å². The van der Waals surface area contributed by atoms with Gasteiger partial charge in [-0.15, -0.1) is 11.3 Å². The van der Waals surface area contributed by atoms with Gasteiger partial charge in [-0.1, -0.05) is 13.8 Å². The van der Waals surface area contributed by atoms with Crippen LogP contribution in [0.25, 0.3) is 0 Å². The van der Waals surface area contributed by atoms with Crippen molar-refractivity contribution < 1.29 is 8.42 Å². The van der Waals surface area contributed by atoms with Crippen molar-refractivity contribution in [3.63, 3.8) is 0 Å². The Morgan fingerprint density at radius 2 is 2.00 bits per heavy atom. The summed E-state index contributed by atoms with van der Waals surface area (Å²) in [4.78, 5) is 1.05. The molecule has 1 heterocycles. The summed E-state index contributed by atoms with van der Waals surface area (Å²) in [6, 6.07) is 3.57. The van der Waals surface area contributed by atoms with E-state index in [-0.39, 0.29) is 6.04 Å². The second-order valence-corrected chi connectivity index (χ2v) is 7.59. The fourth-order valence-corrected chi connectivity index (χ4v) is 4.87. The van der Waals surface area contributed by atoms with Gasteiger partial charge in [-0.05, 0) is 32.5 Å². The van der Waals surface area contributed by atoms with Gasteiger partial charge in [0.2, 0.25) is 0 Å². The first-order valence-corrected chi connectivity index (χ1v) is 8.50. The Morgan fingerprint density at radius 3 is 2.50 bits per heavy atom. The number of hydrogen-bond donors (Lipinski definition) is 1. The minimum atomic E-state index is -3.33. The van der Waals surface area contributed by atoms with Gasteiger partial charge in [0.15, 0.2) is 0 Å². The Kier molecular flexibility index (Phi) is 5.78. The summed E-state index contributed by atoms with van der Waals surface area (Å²) in [6.45, 7) is 9.80. The predicted molar refractivity (Wildman–Crippen MR) is 76.4 cm³/mol. The van der Waals surface area contributed by atoms with Crippen LogP contribution in [0, 0.1) is 0 Å². The average Bonchev–Trinajstić information content (AvgIpc) is 2.75. The molecule has 0 fully saturated rings. The Bertz CT molecular complexity index is 466. The zero-order valence-corrected chi connectivity index (χ0v) is 13.1. The molecule has 0 saturated carbocycles. The molecule has 0 spiro atoms. The van der Waals surface area contributed by atoms with Gasteiger partial charge in [0.25, 0.3) is 10.0 Å². The van der Waals surface area contributed by atoms with E-state index in [9.17, 15) is 8.42 Å². The van der Waals surface area contributed by atoms with Gasteiger partial charge in [0.1, 0.15) is 4.21 Å². The molecule has 0 aromatic carbocycles. The summed E-state index contributed by atoms with van der Waals surface area (Å²) in [6.07, 6.45) is 0. The van der Waals surface area contributed by atoms with Crippen LogP contribution >= 0.6 is 11.3 Å². The molecule has 0 bridgehead atoms. The van der Waals surface area contributed by atoms with Crippen molar-refractivity contribution in [2.75, 3.05) is 13.1 Å². The molecular formula is C12H22N2O2S2. The van der Waals surface area contributed by atoms with Gasteiger partial charge >= 0.3 is 0 Å². The molecule has 1 aromatic rings. The van der Waals surface area contributed by atoms with Crippen molar-refractivity contribution in [3.8, 4) is 0 Å². The van der Waals surface area contributed by atoms with Gasteiger partial charge in [-0.25, -0.2) is 8.42 Å². The topological polar surface area (TPSA) is 49.4 Å². The minimum absolute atomic E-state index is 0.0145. The van der Waals surface area contributed by atoms with Gasteiger partial charge in [-0.3, -0.25) is 0 Å². The maximum atomic E-state index is 12.4. The highest BCUT2D eigenvalue weighted by atomic mass is 32.2. The molecule has 0 atom stereocenters. The first kappa shape index (κ1) is 15.6. The lowest BCUT2D eigenvalue weighted by atomic mass is 10.4. The van der Waals surface area contributed by atoms with Crippen molar-refractivity contribution in [1.82, 2.24) is 9.62 Å². The van der Waals surface area contributed by atoms with Crippen LogP contribution in [0.5, 0.6) is 0 Å². The van der Waals surface area contributed by atoms with Crippen LogP contribution in [0.4, 0.5) is 0 Å². The largest absolute Gasteiger partial charge is 0.312 e. The lowest BCUT2D eigenvalue weighted by molar-refractivity contribution is 0.370.